The Bertz CT molecular complexity index is 877. The summed E-state index contributed by atoms with van der Waals surface area (Å²) in [5.41, 5.74) is 2.35. The van der Waals surface area contributed by atoms with Crippen LogP contribution in [0.2, 0.25) is 5.02 Å². The molecule has 1 amide bonds. The lowest BCUT2D eigenvalue weighted by atomic mass is 9.82. The first-order valence-electron chi connectivity index (χ1n) is 10.7. The standard InChI is InChI=1S/C23H29ClN4O2/c1-16-12-26-22(13-25-16)23(29)27(2)14-17-9-20(10-17)30-19-6-5-18(21(24)11-19)15-28-7-3-4-8-28/h5-6,11-13,17,20H,3-4,7-10,14-15H2,1-2H3. The number of aromatic nitrogens is 2. The van der Waals surface area contributed by atoms with E-state index >= 15 is 0 Å². The van der Waals surface area contributed by atoms with Crippen molar-refractivity contribution in [3.63, 3.8) is 0 Å². The zero-order valence-electron chi connectivity index (χ0n) is 17.7. The van der Waals surface area contributed by atoms with Crippen molar-refractivity contribution >= 4 is 17.5 Å². The Morgan fingerprint density at radius 1 is 1.23 bits per heavy atom. The maximum atomic E-state index is 12.5. The predicted molar refractivity (Wildman–Crippen MR) is 117 cm³/mol. The van der Waals surface area contributed by atoms with Gasteiger partial charge >= 0.3 is 0 Å². The fourth-order valence-electron chi connectivity index (χ4n) is 4.19. The number of rotatable bonds is 7. The van der Waals surface area contributed by atoms with Gasteiger partial charge in [0.05, 0.1) is 18.0 Å². The molecule has 2 aliphatic rings. The van der Waals surface area contributed by atoms with E-state index in [1.807, 2.05) is 26.1 Å². The van der Waals surface area contributed by atoms with Crippen molar-refractivity contribution in [1.29, 1.82) is 0 Å². The van der Waals surface area contributed by atoms with Crippen LogP contribution in [0.15, 0.2) is 30.6 Å². The van der Waals surface area contributed by atoms with Crippen LogP contribution in [-0.2, 0) is 6.54 Å². The van der Waals surface area contributed by atoms with E-state index < -0.39 is 0 Å². The van der Waals surface area contributed by atoms with Crippen molar-refractivity contribution in [2.45, 2.75) is 45.3 Å². The van der Waals surface area contributed by atoms with Crippen molar-refractivity contribution in [3.8, 4) is 5.75 Å². The summed E-state index contributed by atoms with van der Waals surface area (Å²) in [4.78, 5) is 25.0. The van der Waals surface area contributed by atoms with Gasteiger partial charge in [-0.3, -0.25) is 14.7 Å². The van der Waals surface area contributed by atoms with Gasteiger partial charge in [0.15, 0.2) is 0 Å². The first kappa shape index (κ1) is 21.1. The number of carbonyl (C=O) groups is 1. The van der Waals surface area contributed by atoms with Crippen LogP contribution in [0.1, 0.15) is 47.4 Å². The minimum Gasteiger partial charge on any atom is -0.490 e. The number of halogens is 1. The third-order valence-corrected chi connectivity index (χ3v) is 6.34. The van der Waals surface area contributed by atoms with E-state index in [9.17, 15) is 4.79 Å². The molecule has 2 fully saturated rings. The van der Waals surface area contributed by atoms with Crippen LogP contribution in [0.4, 0.5) is 0 Å². The molecule has 2 aromatic rings. The quantitative estimate of drug-likeness (QED) is 0.668. The van der Waals surface area contributed by atoms with Crippen molar-refractivity contribution < 1.29 is 9.53 Å². The highest BCUT2D eigenvalue weighted by Crippen LogP contribution is 2.33. The van der Waals surface area contributed by atoms with E-state index in [0.717, 1.165) is 54.5 Å². The zero-order valence-corrected chi connectivity index (χ0v) is 18.4. The van der Waals surface area contributed by atoms with Crippen LogP contribution in [0.3, 0.4) is 0 Å². The lowest BCUT2D eigenvalue weighted by Crippen LogP contribution is -2.42. The molecule has 1 saturated heterocycles. The Kier molecular flexibility index (Phi) is 6.54. The average Bonchev–Trinajstić information content (AvgIpc) is 3.21. The molecular weight excluding hydrogens is 400 g/mol. The molecule has 160 valence electrons. The molecule has 2 heterocycles. The first-order chi connectivity index (χ1) is 14.5. The molecule has 30 heavy (non-hydrogen) atoms. The second-order valence-corrected chi connectivity index (χ2v) is 8.95. The summed E-state index contributed by atoms with van der Waals surface area (Å²) in [6, 6.07) is 6.05. The van der Waals surface area contributed by atoms with Crippen LogP contribution < -0.4 is 4.74 Å². The third kappa shape index (κ3) is 5.10. The van der Waals surface area contributed by atoms with Crippen LogP contribution in [0.5, 0.6) is 5.75 Å². The minimum atomic E-state index is -0.0905. The van der Waals surface area contributed by atoms with Crippen molar-refractivity contribution in [2.24, 2.45) is 5.92 Å². The summed E-state index contributed by atoms with van der Waals surface area (Å²) in [6.45, 7) is 5.78. The van der Waals surface area contributed by atoms with E-state index in [2.05, 4.69) is 20.9 Å². The lowest BCUT2D eigenvalue weighted by Gasteiger charge is -2.37. The number of benzene rings is 1. The molecule has 6 nitrogen and oxygen atoms in total. The van der Waals surface area contributed by atoms with E-state index in [4.69, 9.17) is 16.3 Å². The van der Waals surface area contributed by atoms with Crippen molar-refractivity contribution in [3.05, 3.63) is 52.6 Å². The van der Waals surface area contributed by atoms with E-state index in [1.165, 1.54) is 19.0 Å². The fraction of sp³-hybridized carbons (Fsp3) is 0.522. The molecule has 0 bridgehead atoms. The molecule has 7 heteroatoms. The van der Waals surface area contributed by atoms with Gasteiger partial charge in [-0.1, -0.05) is 17.7 Å². The smallest absolute Gasteiger partial charge is 0.273 e. The normalized spacial score (nSPS) is 21.3. The molecule has 0 spiro atoms. The number of amides is 1. The van der Waals surface area contributed by atoms with Crippen LogP contribution in [0, 0.1) is 12.8 Å². The second-order valence-electron chi connectivity index (χ2n) is 8.54. The van der Waals surface area contributed by atoms with Crippen LogP contribution in [-0.4, -0.2) is 58.5 Å². The molecule has 1 aliphatic heterocycles. The Hall–Kier alpha value is -2.18. The largest absolute Gasteiger partial charge is 0.490 e. The van der Waals surface area contributed by atoms with Gasteiger partial charge in [-0.2, -0.15) is 0 Å². The summed E-state index contributed by atoms with van der Waals surface area (Å²) in [5, 5.41) is 0.778. The highest BCUT2D eigenvalue weighted by Gasteiger charge is 2.33. The molecule has 1 aromatic heterocycles. The van der Waals surface area contributed by atoms with Crippen LogP contribution >= 0.6 is 11.6 Å². The fourth-order valence-corrected chi connectivity index (χ4v) is 4.42. The van der Waals surface area contributed by atoms with Gasteiger partial charge in [-0.25, -0.2) is 4.98 Å². The summed E-state index contributed by atoms with van der Waals surface area (Å²) in [7, 11) is 1.82. The highest BCUT2D eigenvalue weighted by atomic mass is 35.5. The number of aryl methyl sites for hydroxylation is 1. The predicted octanol–water partition coefficient (Wildman–Crippen LogP) is 3.96. The maximum absolute atomic E-state index is 12.5. The Labute approximate surface area is 183 Å². The molecular formula is C23H29ClN4O2. The monoisotopic (exact) mass is 428 g/mol. The minimum absolute atomic E-state index is 0.0905. The Morgan fingerprint density at radius 3 is 2.67 bits per heavy atom. The average molecular weight is 429 g/mol. The maximum Gasteiger partial charge on any atom is 0.273 e. The highest BCUT2D eigenvalue weighted by molar-refractivity contribution is 6.31. The molecule has 0 radical (unpaired) electrons. The number of nitrogens with zero attached hydrogens (tertiary/aromatic N) is 4. The van der Waals surface area contributed by atoms with E-state index in [1.54, 1.807) is 11.1 Å². The Morgan fingerprint density at radius 2 is 2.00 bits per heavy atom. The molecule has 0 atom stereocenters. The van der Waals surface area contributed by atoms with Gasteiger partial charge in [0.2, 0.25) is 0 Å². The van der Waals surface area contributed by atoms with Crippen molar-refractivity contribution in [1.82, 2.24) is 19.8 Å². The van der Waals surface area contributed by atoms with Gasteiger partial charge in [-0.05, 0) is 69.3 Å². The topological polar surface area (TPSA) is 58.6 Å². The van der Waals surface area contributed by atoms with Gasteiger partial charge in [-0.15, -0.1) is 0 Å². The zero-order chi connectivity index (χ0) is 21.1. The summed E-state index contributed by atoms with van der Waals surface area (Å²) in [5.74, 6) is 1.17. The second kappa shape index (κ2) is 9.31. The van der Waals surface area contributed by atoms with Crippen LogP contribution in [0.25, 0.3) is 0 Å². The summed E-state index contributed by atoms with van der Waals surface area (Å²) >= 11 is 6.49. The molecule has 0 N–H and O–H groups in total. The number of carbonyl (C=O) groups excluding carboxylic acids is 1. The number of likely N-dealkylation sites (tertiary alicyclic amines) is 1. The van der Waals surface area contributed by atoms with Gasteiger partial charge < -0.3 is 9.64 Å². The summed E-state index contributed by atoms with van der Waals surface area (Å²) in [6.07, 6.45) is 7.77. The van der Waals surface area contributed by atoms with Gasteiger partial charge in [0.25, 0.3) is 5.91 Å². The van der Waals surface area contributed by atoms with E-state index in [-0.39, 0.29) is 12.0 Å². The molecule has 0 unspecified atom stereocenters. The molecule has 1 aliphatic carbocycles. The molecule has 1 saturated carbocycles. The molecule has 1 aromatic carbocycles. The SMILES string of the molecule is Cc1cnc(C(=O)N(C)CC2CC(Oc3ccc(CN4CCCC4)c(Cl)c3)C2)cn1. The van der Waals surface area contributed by atoms with E-state index in [0.29, 0.717) is 18.2 Å². The molecule has 4 rings (SSSR count). The van der Waals surface area contributed by atoms with Gasteiger partial charge in [0, 0.05) is 31.4 Å². The van der Waals surface area contributed by atoms with Crippen molar-refractivity contribution in [2.75, 3.05) is 26.7 Å². The third-order valence-electron chi connectivity index (χ3n) is 5.99. The lowest BCUT2D eigenvalue weighted by molar-refractivity contribution is 0.0416. The van der Waals surface area contributed by atoms with Gasteiger partial charge in [0.1, 0.15) is 11.4 Å². The Balaban J connectivity index is 1.23. The number of hydrogen-bond acceptors (Lipinski definition) is 5. The first-order valence-corrected chi connectivity index (χ1v) is 11.1. The summed E-state index contributed by atoms with van der Waals surface area (Å²) < 4.78 is 6.10. The number of ether oxygens (including phenoxy) is 1. The number of hydrogen-bond donors (Lipinski definition) is 0.